The maximum atomic E-state index is 12.3. The fourth-order valence-electron chi connectivity index (χ4n) is 2.25. The summed E-state index contributed by atoms with van der Waals surface area (Å²) in [6, 6.07) is 1.40. The van der Waals surface area contributed by atoms with E-state index in [-0.39, 0.29) is 17.8 Å². The molecule has 0 saturated heterocycles. The first-order valence-electron chi connectivity index (χ1n) is 7.00. The maximum absolute atomic E-state index is 12.3. The van der Waals surface area contributed by atoms with E-state index < -0.39 is 0 Å². The first kappa shape index (κ1) is 15.6. The van der Waals surface area contributed by atoms with E-state index in [1.54, 1.807) is 11.7 Å². The van der Waals surface area contributed by atoms with Crippen LogP contribution in [0.2, 0.25) is 5.02 Å². The van der Waals surface area contributed by atoms with Gasteiger partial charge in [0, 0.05) is 25.9 Å². The SMILES string of the molecule is CCCn1ccc(=O)n(Cc2c(Cl)c(CC)nn2C)c1=O. The Morgan fingerprint density at radius 3 is 2.57 bits per heavy atom. The van der Waals surface area contributed by atoms with E-state index in [9.17, 15) is 9.59 Å². The molecule has 0 aromatic carbocycles. The second kappa shape index (κ2) is 6.30. The van der Waals surface area contributed by atoms with E-state index in [4.69, 9.17) is 11.6 Å². The third-order valence-corrected chi connectivity index (χ3v) is 3.85. The highest BCUT2D eigenvalue weighted by Gasteiger charge is 2.15. The summed E-state index contributed by atoms with van der Waals surface area (Å²) in [5.74, 6) is 0. The topological polar surface area (TPSA) is 61.8 Å². The molecule has 0 atom stereocenters. The molecule has 0 aliphatic heterocycles. The molecule has 0 spiro atoms. The molecule has 114 valence electrons. The average Bonchev–Trinajstić information content (AvgIpc) is 2.73. The van der Waals surface area contributed by atoms with E-state index >= 15 is 0 Å². The highest BCUT2D eigenvalue weighted by molar-refractivity contribution is 6.31. The Hall–Kier alpha value is -1.82. The van der Waals surface area contributed by atoms with Crippen molar-refractivity contribution < 1.29 is 0 Å². The summed E-state index contributed by atoms with van der Waals surface area (Å²) in [4.78, 5) is 24.3. The largest absolute Gasteiger partial charge is 0.331 e. The summed E-state index contributed by atoms with van der Waals surface area (Å²) < 4.78 is 4.36. The Bertz CT molecular complexity index is 757. The first-order valence-corrected chi connectivity index (χ1v) is 7.37. The van der Waals surface area contributed by atoms with Crippen molar-refractivity contribution in [2.24, 2.45) is 7.05 Å². The number of hydrogen-bond donors (Lipinski definition) is 0. The second-order valence-electron chi connectivity index (χ2n) is 4.90. The second-order valence-corrected chi connectivity index (χ2v) is 5.28. The van der Waals surface area contributed by atoms with Gasteiger partial charge in [0.2, 0.25) is 0 Å². The summed E-state index contributed by atoms with van der Waals surface area (Å²) >= 11 is 6.28. The molecule has 0 amide bonds. The van der Waals surface area contributed by atoms with Crippen LogP contribution in [0.4, 0.5) is 0 Å². The zero-order valence-corrected chi connectivity index (χ0v) is 13.2. The molecule has 0 bridgehead atoms. The normalized spacial score (nSPS) is 11.0. The molecule has 2 rings (SSSR count). The zero-order valence-electron chi connectivity index (χ0n) is 12.5. The highest BCUT2D eigenvalue weighted by Crippen LogP contribution is 2.20. The van der Waals surface area contributed by atoms with E-state index in [0.717, 1.165) is 12.1 Å². The van der Waals surface area contributed by atoms with Crippen molar-refractivity contribution >= 4 is 11.6 Å². The molecule has 2 aromatic rings. The molecule has 2 heterocycles. The van der Waals surface area contributed by atoms with Crippen LogP contribution in [0, 0.1) is 0 Å². The van der Waals surface area contributed by atoms with Crippen molar-refractivity contribution in [3.8, 4) is 0 Å². The van der Waals surface area contributed by atoms with Crippen molar-refractivity contribution in [3.05, 3.63) is 49.5 Å². The van der Waals surface area contributed by atoms with Crippen LogP contribution in [0.1, 0.15) is 31.7 Å². The number of aryl methyl sites for hydroxylation is 3. The van der Waals surface area contributed by atoms with Gasteiger partial charge in [-0.05, 0) is 12.8 Å². The molecule has 0 N–H and O–H groups in total. The predicted molar refractivity (Wildman–Crippen MR) is 82.0 cm³/mol. The minimum absolute atomic E-state index is 0.130. The van der Waals surface area contributed by atoms with Crippen molar-refractivity contribution in [2.45, 2.75) is 39.8 Å². The van der Waals surface area contributed by atoms with Crippen molar-refractivity contribution in [1.29, 1.82) is 0 Å². The molecule has 0 unspecified atom stereocenters. The van der Waals surface area contributed by atoms with Crippen LogP contribution in [-0.2, 0) is 26.6 Å². The summed E-state index contributed by atoms with van der Waals surface area (Å²) in [5.41, 5.74) is 0.788. The molecular formula is C14H19ClN4O2. The van der Waals surface area contributed by atoms with Gasteiger partial charge in [0.25, 0.3) is 5.56 Å². The lowest BCUT2D eigenvalue weighted by Gasteiger charge is -2.09. The van der Waals surface area contributed by atoms with Gasteiger partial charge in [0.15, 0.2) is 0 Å². The van der Waals surface area contributed by atoms with Crippen LogP contribution in [0.3, 0.4) is 0 Å². The molecule has 6 nitrogen and oxygen atoms in total. The lowest BCUT2D eigenvalue weighted by atomic mass is 10.3. The maximum Gasteiger partial charge on any atom is 0.331 e. The van der Waals surface area contributed by atoms with Crippen LogP contribution in [0.15, 0.2) is 21.9 Å². The van der Waals surface area contributed by atoms with Gasteiger partial charge in [0.05, 0.1) is 23.0 Å². The third kappa shape index (κ3) is 2.95. The van der Waals surface area contributed by atoms with Gasteiger partial charge in [-0.15, -0.1) is 0 Å². The zero-order chi connectivity index (χ0) is 15.6. The van der Waals surface area contributed by atoms with Crippen LogP contribution in [0.25, 0.3) is 0 Å². The van der Waals surface area contributed by atoms with Crippen molar-refractivity contribution in [2.75, 3.05) is 0 Å². The minimum atomic E-state index is -0.331. The quantitative estimate of drug-likeness (QED) is 0.839. The van der Waals surface area contributed by atoms with E-state index in [2.05, 4.69) is 5.10 Å². The van der Waals surface area contributed by atoms with Crippen LogP contribution in [0.5, 0.6) is 0 Å². The fourth-order valence-corrected chi connectivity index (χ4v) is 2.61. The molecule has 2 aromatic heterocycles. The van der Waals surface area contributed by atoms with Crippen molar-refractivity contribution in [3.63, 3.8) is 0 Å². The van der Waals surface area contributed by atoms with E-state index in [1.807, 2.05) is 13.8 Å². The van der Waals surface area contributed by atoms with Gasteiger partial charge < -0.3 is 4.57 Å². The Morgan fingerprint density at radius 2 is 2.00 bits per heavy atom. The number of hydrogen-bond acceptors (Lipinski definition) is 3. The lowest BCUT2D eigenvalue weighted by Crippen LogP contribution is -2.39. The summed E-state index contributed by atoms with van der Waals surface area (Å²) in [6.45, 7) is 4.65. The van der Waals surface area contributed by atoms with Gasteiger partial charge in [0.1, 0.15) is 0 Å². The molecular weight excluding hydrogens is 292 g/mol. The molecule has 0 fully saturated rings. The summed E-state index contributed by atoms with van der Waals surface area (Å²) in [6.07, 6.45) is 3.06. The van der Waals surface area contributed by atoms with Crippen LogP contribution in [-0.4, -0.2) is 18.9 Å². The third-order valence-electron chi connectivity index (χ3n) is 3.42. The first-order chi connectivity index (χ1) is 9.99. The molecule has 0 aliphatic rings. The van der Waals surface area contributed by atoms with Gasteiger partial charge in [-0.1, -0.05) is 25.4 Å². The molecule has 21 heavy (non-hydrogen) atoms. The number of rotatable bonds is 5. The molecule has 0 radical (unpaired) electrons. The van der Waals surface area contributed by atoms with E-state index in [1.165, 1.54) is 21.4 Å². The molecule has 7 heteroatoms. The Kier molecular flexibility index (Phi) is 4.67. The summed E-state index contributed by atoms with van der Waals surface area (Å²) in [5, 5.41) is 4.83. The summed E-state index contributed by atoms with van der Waals surface area (Å²) in [7, 11) is 1.76. The minimum Gasteiger partial charge on any atom is -0.300 e. The highest BCUT2D eigenvalue weighted by atomic mass is 35.5. The Labute approximate surface area is 127 Å². The lowest BCUT2D eigenvalue weighted by molar-refractivity contribution is 0.555. The molecule has 0 saturated carbocycles. The van der Waals surface area contributed by atoms with Crippen LogP contribution >= 0.6 is 11.6 Å². The Balaban J connectivity index is 2.50. The predicted octanol–water partition coefficient (Wildman–Crippen LogP) is 1.42. The number of nitrogens with zero attached hydrogens (tertiary/aromatic N) is 4. The number of halogens is 1. The number of aromatic nitrogens is 4. The fraction of sp³-hybridized carbons (Fsp3) is 0.500. The van der Waals surface area contributed by atoms with E-state index in [0.29, 0.717) is 23.7 Å². The van der Waals surface area contributed by atoms with Gasteiger partial charge in [-0.3, -0.25) is 14.0 Å². The van der Waals surface area contributed by atoms with Crippen molar-refractivity contribution in [1.82, 2.24) is 18.9 Å². The monoisotopic (exact) mass is 310 g/mol. The smallest absolute Gasteiger partial charge is 0.300 e. The van der Waals surface area contributed by atoms with Gasteiger partial charge >= 0.3 is 5.69 Å². The van der Waals surface area contributed by atoms with Crippen LogP contribution < -0.4 is 11.2 Å². The van der Waals surface area contributed by atoms with Gasteiger partial charge in [-0.25, -0.2) is 4.79 Å². The van der Waals surface area contributed by atoms with Gasteiger partial charge in [-0.2, -0.15) is 5.10 Å². The Morgan fingerprint density at radius 1 is 1.29 bits per heavy atom. The molecule has 0 aliphatic carbocycles. The standard InChI is InChI=1S/C14H19ClN4O2/c1-4-7-18-8-6-12(20)19(14(18)21)9-11-13(15)10(5-2)16-17(11)3/h6,8H,4-5,7,9H2,1-3H3. The average molecular weight is 311 g/mol.